The number of hydrogen-bond acceptors (Lipinski definition) is 3. The van der Waals surface area contributed by atoms with Gasteiger partial charge in [0.1, 0.15) is 5.75 Å². The van der Waals surface area contributed by atoms with Gasteiger partial charge in [-0.05, 0) is 34.4 Å². The first-order chi connectivity index (χ1) is 13.7. The molecular weight excluding hydrogens is 350 g/mol. The number of rotatable bonds is 1. The van der Waals surface area contributed by atoms with E-state index >= 15 is 0 Å². The Morgan fingerprint density at radius 1 is 0.607 bits per heavy atom. The van der Waals surface area contributed by atoms with Crippen molar-refractivity contribution in [3.05, 3.63) is 95.1 Å². The van der Waals surface area contributed by atoms with Crippen molar-refractivity contribution >= 4 is 17.5 Å². The first-order valence-corrected chi connectivity index (χ1v) is 9.52. The van der Waals surface area contributed by atoms with Gasteiger partial charge < -0.3 is 5.11 Å². The van der Waals surface area contributed by atoms with Crippen LogP contribution in [0.4, 0.5) is 5.69 Å². The number of phenols is 1. The Kier molecular flexibility index (Phi) is 2.97. The lowest BCUT2D eigenvalue weighted by atomic mass is 9.55. The van der Waals surface area contributed by atoms with E-state index in [2.05, 4.69) is 24.3 Å². The Balaban J connectivity index is 1.59. The lowest BCUT2D eigenvalue weighted by Crippen LogP contribution is -2.41. The van der Waals surface area contributed by atoms with Crippen molar-refractivity contribution in [1.82, 2.24) is 0 Å². The molecule has 3 aromatic rings. The molecule has 0 unspecified atom stereocenters. The molecule has 4 heteroatoms. The van der Waals surface area contributed by atoms with Crippen LogP contribution in [0.1, 0.15) is 34.1 Å². The van der Waals surface area contributed by atoms with Gasteiger partial charge in [-0.1, -0.05) is 60.7 Å². The van der Waals surface area contributed by atoms with Crippen LogP contribution in [0.2, 0.25) is 0 Å². The van der Waals surface area contributed by atoms with E-state index in [1.54, 1.807) is 18.2 Å². The molecule has 2 atom stereocenters. The minimum Gasteiger partial charge on any atom is -0.506 e. The highest BCUT2D eigenvalue weighted by Gasteiger charge is 2.61. The summed E-state index contributed by atoms with van der Waals surface area (Å²) in [4.78, 5) is 28.2. The topological polar surface area (TPSA) is 57.6 Å². The van der Waals surface area contributed by atoms with Crippen molar-refractivity contribution in [3.8, 4) is 5.75 Å². The Morgan fingerprint density at radius 2 is 1.00 bits per heavy atom. The molecule has 2 bridgehead atoms. The van der Waals surface area contributed by atoms with E-state index < -0.39 is 11.8 Å². The van der Waals surface area contributed by atoms with Crippen LogP contribution in [-0.2, 0) is 9.59 Å². The molecule has 3 aromatic carbocycles. The normalized spacial score (nSPS) is 26.8. The van der Waals surface area contributed by atoms with Gasteiger partial charge >= 0.3 is 0 Å². The molecule has 1 saturated heterocycles. The molecule has 1 fully saturated rings. The van der Waals surface area contributed by atoms with Gasteiger partial charge in [0.15, 0.2) is 0 Å². The third kappa shape index (κ3) is 1.75. The highest BCUT2D eigenvalue weighted by molar-refractivity contribution is 6.24. The standard InChI is InChI=1S/C24H17NO3/c26-18-12-6-5-11-17(18)25-23(27)21-19-13-7-1-2-8-14(13)20(22(21)24(25)28)16-10-4-3-9-15(16)19/h1-12,19-22,26H/t19?,20?,21-,22+. The molecule has 7 rings (SSSR count). The molecule has 0 spiro atoms. The first-order valence-electron chi connectivity index (χ1n) is 9.52. The van der Waals surface area contributed by atoms with Crippen LogP contribution >= 0.6 is 0 Å². The van der Waals surface area contributed by atoms with E-state index in [-0.39, 0.29) is 35.1 Å². The summed E-state index contributed by atoms with van der Waals surface area (Å²) >= 11 is 0. The fraction of sp³-hybridized carbons (Fsp3) is 0.167. The van der Waals surface area contributed by atoms with Gasteiger partial charge in [-0.2, -0.15) is 0 Å². The quantitative estimate of drug-likeness (QED) is 0.666. The summed E-state index contributed by atoms with van der Waals surface area (Å²) < 4.78 is 0. The van der Waals surface area contributed by atoms with E-state index in [4.69, 9.17) is 0 Å². The summed E-state index contributed by atoms with van der Waals surface area (Å²) in [5, 5.41) is 10.3. The van der Waals surface area contributed by atoms with Gasteiger partial charge in [0.05, 0.1) is 17.5 Å². The van der Waals surface area contributed by atoms with Gasteiger partial charge in [-0.3, -0.25) is 9.59 Å². The minimum atomic E-state index is -0.429. The monoisotopic (exact) mass is 367 g/mol. The molecule has 0 aromatic heterocycles. The smallest absolute Gasteiger partial charge is 0.238 e. The van der Waals surface area contributed by atoms with E-state index in [9.17, 15) is 14.7 Å². The molecule has 2 amide bonds. The molecule has 4 nitrogen and oxygen atoms in total. The highest BCUT2D eigenvalue weighted by Crippen LogP contribution is 2.61. The van der Waals surface area contributed by atoms with Crippen LogP contribution in [0.25, 0.3) is 0 Å². The van der Waals surface area contributed by atoms with Crippen molar-refractivity contribution in [1.29, 1.82) is 0 Å². The van der Waals surface area contributed by atoms with Gasteiger partial charge in [-0.15, -0.1) is 0 Å². The number of hydrogen-bond donors (Lipinski definition) is 1. The SMILES string of the molecule is O=C1[C@@H]2C3c4ccccc4C(c4ccccc43)[C@@H]2C(=O)N1c1ccccc1O. The summed E-state index contributed by atoms with van der Waals surface area (Å²) in [5.74, 6) is -1.59. The summed E-state index contributed by atoms with van der Waals surface area (Å²) in [6, 6.07) is 22.9. The van der Waals surface area contributed by atoms with Crippen molar-refractivity contribution in [2.75, 3.05) is 4.90 Å². The van der Waals surface area contributed by atoms with E-state index in [1.165, 1.54) is 11.0 Å². The average Bonchev–Trinajstić information content (AvgIpc) is 2.99. The Morgan fingerprint density at radius 3 is 1.43 bits per heavy atom. The zero-order valence-corrected chi connectivity index (χ0v) is 14.9. The number of amides is 2. The number of carbonyl (C=O) groups is 2. The predicted octanol–water partition coefficient (Wildman–Crippen LogP) is 3.79. The minimum absolute atomic E-state index is 0.0507. The highest BCUT2D eigenvalue weighted by atomic mass is 16.3. The Bertz CT molecular complexity index is 1050. The number of para-hydroxylation sites is 2. The Labute approximate surface area is 162 Å². The van der Waals surface area contributed by atoms with Crippen molar-refractivity contribution in [3.63, 3.8) is 0 Å². The van der Waals surface area contributed by atoms with Gasteiger partial charge in [-0.25, -0.2) is 4.90 Å². The Hall–Kier alpha value is -3.40. The number of phenolic OH excluding ortho intramolecular Hbond substituents is 1. The average molecular weight is 367 g/mol. The van der Waals surface area contributed by atoms with Crippen LogP contribution in [0, 0.1) is 11.8 Å². The molecule has 1 N–H and O–H groups in total. The van der Waals surface area contributed by atoms with E-state index in [1.807, 2.05) is 24.3 Å². The van der Waals surface area contributed by atoms with Crippen molar-refractivity contribution in [2.24, 2.45) is 11.8 Å². The molecule has 136 valence electrons. The molecule has 28 heavy (non-hydrogen) atoms. The number of anilines is 1. The number of aromatic hydroxyl groups is 1. The second-order valence-corrected chi connectivity index (χ2v) is 7.77. The largest absolute Gasteiger partial charge is 0.506 e. The maximum absolute atomic E-state index is 13.5. The van der Waals surface area contributed by atoms with Crippen molar-refractivity contribution in [2.45, 2.75) is 11.8 Å². The fourth-order valence-electron chi connectivity index (χ4n) is 5.57. The predicted molar refractivity (Wildman–Crippen MR) is 104 cm³/mol. The van der Waals surface area contributed by atoms with E-state index in [0.29, 0.717) is 0 Å². The maximum atomic E-state index is 13.5. The molecule has 0 radical (unpaired) electrons. The molecule has 0 saturated carbocycles. The summed E-state index contributed by atoms with van der Waals surface area (Å²) in [7, 11) is 0. The van der Waals surface area contributed by atoms with Crippen molar-refractivity contribution < 1.29 is 14.7 Å². The van der Waals surface area contributed by atoms with Crippen LogP contribution in [0.5, 0.6) is 5.75 Å². The van der Waals surface area contributed by atoms with E-state index in [0.717, 1.165) is 22.3 Å². The second-order valence-electron chi connectivity index (χ2n) is 7.77. The summed E-state index contributed by atoms with van der Waals surface area (Å²) in [6.07, 6.45) is 0. The fourth-order valence-corrected chi connectivity index (χ4v) is 5.57. The number of carbonyl (C=O) groups excluding carboxylic acids is 2. The summed E-state index contributed by atoms with van der Waals surface area (Å²) in [6.45, 7) is 0. The third-order valence-electron chi connectivity index (χ3n) is 6.57. The van der Waals surface area contributed by atoms with Crippen LogP contribution < -0.4 is 4.90 Å². The van der Waals surface area contributed by atoms with Gasteiger partial charge in [0.2, 0.25) is 11.8 Å². The van der Waals surface area contributed by atoms with Gasteiger partial charge in [0.25, 0.3) is 0 Å². The second kappa shape index (κ2) is 5.32. The molecular formula is C24H17NO3. The zero-order chi connectivity index (χ0) is 19.0. The molecule has 3 aliphatic carbocycles. The van der Waals surface area contributed by atoms with Crippen LogP contribution in [0.15, 0.2) is 72.8 Å². The van der Waals surface area contributed by atoms with Crippen LogP contribution in [-0.4, -0.2) is 16.9 Å². The van der Waals surface area contributed by atoms with Gasteiger partial charge in [0, 0.05) is 11.8 Å². The maximum Gasteiger partial charge on any atom is 0.238 e. The number of benzene rings is 3. The van der Waals surface area contributed by atoms with Crippen LogP contribution in [0.3, 0.4) is 0 Å². The number of nitrogens with zero attached hydrogens (tertiary/aromatic N) is 1. The third-order valence-corrected chi connectivity index (χ3v) is 6.57. The lowest BCUT2D eigenvalue weighted by molar-refractivity contribution is -0.122. The number of imide groups is 1. The molecule has 1 heterocycles. The molecule has 1 aliphatic heterocycles. The first kappa shape index (κ1) is 15.6. The summed E-state index contributed by atoms with van der Waals surface area (Å²) in [5.41, 5.74) is 4.86. The zero-order valence-electron chi connectivity index (χ0n) is 14.9. The molecule has 4 aliphatic rings. The lowest BCUT2D eigenvalue weighted by Gasteiger charge is -2.45.